The molecule has 1 aromatic rings. The molecule has 0 aliphatic carbocycles. The van der Waals surface area contributed by atoms with Crippen molar-refractivity contribution >= 4 is 29.4 Å². The van der Waals surface area contributed by atoms with Crippen LogP contribution < -0.4 is 10.6 Å². The fourth-order valence-electron chi connectivity index (χ4n) is 3.77. The van der Waals surface area contributed by atoms with Crippen molar-refractivity contribution in [3.05, 3.63) is 29.3 Å². The van der Waals surface area contributed by atoms with Gasteiger partial charge in [-0.25, -0.2) is 4.79 Å². The number of amides is 5. The second-order valence-corrected chi connectivity index (χ2v) is 6.90. The third kappa shape index (κ3) is 2.91. The molecule has 2 N–H and O–H groups in total. The molecule has 1 unspecified atom stereocenters. The highest BCUT2D eigenvalue weighted by atomic mass is 16.2. The van der Waals surface area contributed by atoms with Crippen molar-refractivity contribution in [2.45, 2.75) is 38.3 Å². The van der Waals surface area contributed by atoms with Crippen LogP contribution in [0.5, 0.6) is 0 Å². The number of anilines is 1. The lowest BCUT2D eigenvalue weighted by molar-refractivity contribution is -0.136. The Balaban J connectivity index is 1.48. The molecule has 3 aliphatic rings. The molecule has 3 aliphatic heterocycles. The van der Waals surface area contributed by atoms with Crippen molar-refractivity contribution < 1.29 is 19.2 Å². The van der Waals surface area contributed by atoms with Crippen molar-refractivity contribution in [1.82, 2.24) is 15.1 Å². The van der Waals surface area contributed by atoms with Crippen molar-refractivity contribution in [3.8, 4) is 0 Å². The summed E-state index contributed by atoms with van der Waals surface area (Å²) in [5.41, 5.74) is 1.95. The Labute approximate surface area is 150 Å². The summed E-state index contributed by atoms with van der Waals surface area (Å²) < 4.78 is 0. The van der Waals surface area contributed by atoms with Gasteiger partial charge in [-0.1, -0.05) is 0 Å². The molecule has 1 atom stereocenters. The third-order valence-corrected chi connectivity index (χ3v) is 5.17. The van der Waals surface area contributed by atoms with Crippen LogP contribution in [-0.2, 0) is 16.1 Å². The molecule has 0 spiro atoms. The summed E-state index contributed by atoms with van der Waals surface area (Å²) in [6, 6.07) is 4.42. The Morgan fingerprint density at radius 1 is 1.15 bits per heavy atom. The number of benzene rings is 1. The Morgan fingerprint density at radius 3 is 2.65 bits per heavy atom. The molecule has 5 amide bonds. The average Bonchev–Trinajstić information content (AvgIpc) is 3.24. The highest BCUT2D eigenvalue weighted by Gasteiger charge is 2.39. The maximum atomic E-state index is 12.6. The van der Waals surface area contributed by atoms with Gasteiger partial charge in [-0.2, -0.15) is 0 Å². The van der Waals surface area contributed by atoms with Gasteiger partial charge in [0.25, 0.3) is 5.91 Å². The van der Waals surface area contributed by atoms with E-state index in [0.717, 1.165) is 31.5 Å². The number of carbonyl (C=O) groups excluding carboxylic acids is 4. The van der Waals surface area contributed by atoms with Gasteiger partial charge in [0.15, 0.2) is 0 Å². The molecule has 2 fully saturated rings. The fourth-order valence-corrected chi connectivity index (χ4v) is 3.77. The van der Waals surface area contributed by atoms with Crippen molar-refractivity contribution in [3.63, 3.8) is 0 Å². The Kier molecular flexibility index (Phi) is 4.10. The molecule has 0 bridgehead atoms. The van der Waals surface area contributed by atoms with Crippen molar-refractivity contribution in [2.24, 2.45) is 0 Å². The number of fused-ring (bicyclic) bond motifs is 1. The van der Waals surface area contributed by atoms with Crippen LogP contribution in [0.15, 0.2) is 18.2 Å². The highest BCUT2D eigenvalue weighted by Crippen LogP contribution is 2.29. The molecule has 136 valence electrons. The first kappa shape index (κ1) is 16.6. The van der Waals surface area contributed by atoms with Gasteiger partial charge in [-0.3, -0.25) is 19.7 Å². The number of likely N-dealkylation sites (tertiary alicyclic amines) is 1. The van der Waals surface area contributed by atoms with Gasteiger partial charge < -0.3 is 15.1 Å². The molecule has 0 saturated carbocycles. The number of urea groups is 1. The lowest BCUT2D eigenvalue weighted by Gasteiger charge is -2.29. The number of hydrogen-bond donors (Lipinski definition) is 2. The first-order valence-corrected chi connectivity index (χ1v) is 8.86. The van der Waals surface area contributed by atoms with Crippen LogP contribution in [0.2, 0.25) is 0 Å². The monoisotopic (exact) mass is 356 g/mol. The van der Waals surface area contributed by atoms with Gasteiger partial charge >= 0.3 is 6.03 Å². The molecule has 4 rings (SSSR count). The zero-order chi connectivity index (χ0) is 18.3. The minimum absolute atomic E-state index is 0.131. The zero-order valence-electron chi connectivity index (χ0n) is 14.3. The van der Waals surface area contributed by atoms with Gasteiger partial charge in [0.05, 0.1) is 0 Å². The summed E-state index contributed by atoms with van der Waals surface area (Å²) in [6.07, 6.45) is 2.61. The molecule has 0 radical (unpaired) electrons. The smallest absolute Gasteiger partial charge is 0.321 e. The van der Waals surface area contributed by atoms with Crippen LogP contribution in [0.4, 0.5) is 10.5 Å². The molecular weight excluding hydrogens is 336 g/mol. The minimum Gasteiger partial charge on any atom is -0.325 e. The highest BCUT2D eigenvalue weighted by molar-refractivity contribution is 6.05. The van der Waals surface area contributed by atoms with E-state index >= 15 is 0 Å². The lowest BCUT2D eigenvalue weighted by atomic mass is 10.0. The first-order valence-electron chi connectivity index (χ1n) is 8.86. The number of piperidine rings is 1. The zero-order valence-corrected chi connectivity index (χ0v) is 14.3. The number of imide groups is 1. The van der Waals surface area contributed by atoms with Gasteiger partial charge in [0.1, 0.15) is 6.04 Å². The largest absolute Gasteiger partial charge is 0.325 e. The van der Waals surface area contributed by atoms with Crippen LogP contribution >= 0.6 is 0 Å². The quantitative estimate of drug-likeness (QED) is 0.775. The lowest BCUT2D eigenvalue weighted by Crippen LogP contribution is -2.52. The van der Waals surface area contributed by atoms with Crippen LogP contribution in [0, 0.1) is 0 Å². The molecule has 1 aromatic carbocycles. The SMILES string of the molecule is O=C1CCC(N2Cc3cc(NC(=O)N4CCCC4)ccc3C2=O)C(=O)N1. The van der Waals surface area contributed by atoms with Gasteiger partial charge in [0, 0.05) is 37.3 Å². The minimum atomic E-state index is -0.629. The molecule has 8 heteroatoms. The molecule has 3 heterocycles. The van der Waals surface area contributed by atoms with Crippen LogP contribution in [0.1, 0.15) is 41.6 Å². The summed E-state index contributed by atoms with van der Waals surface area (Å²) in [4.78, 5) is 51.5. The van der Waals surface area contributed by atoms with Gasteiger partial charge in [0.2, 0.25) is 11.8 Å². The summed E-state index contributed by atoms with van der Waals surface area (Å²) in [7, 11) is 0. The maximum absolute atomic E-state index is 12.6. The summed E-state index contributed by atoms with van der Waals surface area (Å²) >= 11 is 0. The fraction of sp³-hybridized carbons (Fsp3) is 0.444. The van der Waals surface area contributed by atoms with E-state index in [-0.39, 0.29) is 24.3 Å². The van der Waals surface area contributed by atoms with E-state index in [0.29, 0.717) is 24.2 Å². The van der Waals surface area contributed by atoms with Crippen LogP contribution in [0.25, 0.3) is 0 Å². The predicted octanol–water partition coefficient (Wildman–Crippen LogP) is 1.08. The molecule has 8 nitrogen and oxygen atoms in total. The normalized spacial score (nSPS) is 22.5. The van der Waals surface area contributed by atoms with Crippen LogP contribution in [0.3, 0.4) is 0 Å². The maximum Gasteiger partial charge on any atom is 0.321 e. The van der Waals surface area contributed by atoms with Gasteiger partial charge in [-0.05, 0) is 43.0 Å². The van der Waals surface area contributed by atoms with E-state index < -0.39 is 11.9 Å². The predicted molar refractivity (Wildman–Crippen MR) is 92.3 cm³/mol. The summed E-state index contributed by atoms with van der Waals surface area (Å²) in [5.74, 6) is -0.945. The Morgan fingerprint density at radius 2 is 1.92 bits per heavy atom. The van der Waals surface area contributed by atoms with E-state index in [9.17, 15) is 19.2 Å². The standard InChI is InChI=1S/C18H20N4O4/c23-15-6-5-14(16(24)20-15)22-10-11-9-12(3-4-13(11)17(22)25)19-18(26)21-7-1-2-8-21/h3-4,9,14H,1-2,5-8,10H2,(H,19,26)(H,20,23,24). The van der Waals surface area contributed by atoms with E-state index in [1.54, 1.807) is 23.1 Å². The van der Waals surface area contributed by atoms with E-state index in [2.05, 4.69) is 10.6 Å². The Bertz CT molecular complexity index is 800. The number of carbonyl (C=O) groups is 4. The molecular formula is C18H20N4O4. The topological polar surface area (TPSA) is 98.8 Å². The van der Waals surface area contributed by atoms with E-state index in [4.69, 9.17) is 0 Å². The molecule has 26 heavy (non-hydrogen) atoms. The van der Waals surface area contributed by atoms with E-state index in [1.165, 1.54) is 4.90 Å². The van der Waals surface area contributed by atoms with E-state index in [1.807, 2.05) is 0 Å². The van der Waals surface area contributed by atoms with Crippen LogP contribution in [-0.4, -0.2) is 52.7 Å². The third-order valence-electron chi connectivity index (χ3n) is 5.17. The number of rotatable bonds is 2. The molecule has 2 saturated heterocycles. The first-order chi connectivity index (χ1) is 12.5. The van der Waals surface area contributed by atoms with Crippen molar-refractivity contribution in [1.29, 1.82) is 0 Å². The second-order valence-electron chi connectivity index (χ2n) is 6.90. The van der Waals surface area contributed by atoms with Gasteiger partial charge in [-0.15, -0.1) is 0 Å². The summed E-state index contributed by atoms with van der Waals surface area (Å²) in [5, 5.41) is 5.16. The molecule has 0 aromatic heterocycles. The Hall–Kier alpha value is -2.90. The number of nitrogens with one attached hydrogen (secondary N) is 2. The average molecular weight is 356 g/mol. The number of hydrogen-bond acceptors (Lipinski definition) is 4. The second kappa shape index (κ2) is 6.44. The number of nitrogens with zero attached hydrogens (tertiary/aromatic N) is 2. The van der Waals surface area contributed by atoms with Crippen molar-refractivity contribution in [2.75, 3.05) is 18.4 Å². The summed E-state index contributed by atoms with van der Waals surface area (Å²) in [6.45, 7) is 1.82.